The summed E-state index contributed by atoms with van der Waals surface area (Å²) in [4.78, 5) is 16.8. The maximum absolute atomic E-state index is 14.0. The van der Waals surface area contributed by atoms with Crippen LogP contribution in [0.5, 0.6) is 0 Å². The number of rotatable bonds is 5. The van der Waals surface area contributed by atoms with E-state index in [1.165, 1.54) is 0 Å². The lowest BCUT2D eigenvalue weighted by Gasteiger charge is -2.37. The van der Waals surface area contributed by atoms with Crippen LogP contribution >= 0.6 is 11.6 Å². The zero-order valence-electron chi connectivity index (χ0n) is 14.4. The predicted octanol–water partition coefficient (Wildman–Crippen LogP) is 3.27. The van der Waals surface area contributed by atoms with E-state index in [2.05, 4.69) is 4.99 Å². The monoisotopic (exact) mass is 434 g/mol. The van der Waals surface area contributed by atoms with Crippen molar-refractivity contribution < 1.29 is 36.6 Å². The van der Waals surface area contributed by atoms with Crippen LogP contribution in [0.4, 0.5) is 27.6 Å². The molecule has 29 heavy (non-hydrogen) atoms. The highest BCUT2D eigenvalue weighted by molar-refractivity contribution is 6.36. The van der Waals surface area contributed by atoms with E-state index in [9.17, 15) is 31.9 Å². The van der Waals surface area contributed by atoms with Crippen molar-refractivity contribution in [2.75, 3.05) is 11.5 Å². The molecule has 0 spiro atoms. The van der Waals surface area contributed by atoms with Crippen LogP contribution in [0.15, 0.2) is 35.3 Å². The van der Waals surface area contributed by atoms with Crippen LogP contribution in [-0.2, 0) is 16.1 Å². The summed E-state index contributed by atoms with van der Waals surface area (Å²) >= 11 is 6.04. The summed E-state index contributed by atoms with van der Waals surface area (Å²) in [5.41, 5.74) is -3.12. The van der Waals surface area contributed by atoms with Crippen molar-refractivity contribution in [1.29, 1.82) is 0 Å². The number of benzene rings is 2. The van der Waals surface area contributed by atoms with Crippen molar-refractivity contribution in [3.8, 4) is 0 Å². The first-order valence-corrected chi connectivity index (χ1v) is 8.48. The molecule has 11 heteroatoms. The van der Waals surface area contributed by atoms with Gasteiger partial charge in [0.15, 0.2) is 17.0 Å². The first-order valence-electron chi connectivity index (χ1n) is 8.04. The number of hydrogen-bond donors (Lipinski definition) is 1. The standard InChI is InChI=1S/C18H12ClF5N2O3/c19-16-17(28)26(15-13(23)4-11(21)5-14(15)24)8-25-18(16,7-27)29-6-9-1-2-10(20)3-12(9)22/h1-5,8,16,27H,6-7H2. The third kappa shape index (κ3) is 3.96. The van der Waals surface area contributed by atoms with Gasteiger partial charge in [0.2, 0.25) is 5.72 Å². The fraction of sp³-hybridized carbons (Fsp3) is 0.222. The van der Waals surface area contributed by atoms with E-state index >= 15 is 0 Å². The molecule has 1 aliphatic rings. The van der Waals surface area contributed by atoms with E-state index in [1.807, 2.05) is 0 Å². The van der Waals surface area contributed by atoms with Gasteiger partial charge in [-0.1, -0.05) is 6.07 Å². The van der Waals surface area contributed by atoms with Crippen LogP contribution in [0.1, 0.15) is 5.56 Å². The maximum atomic E-state index is 14.0. The van der Waals surface area contributed by atoms with E-state index in [1.54, 1.807) is 0 Å². The third-order valence-corrected chi connectivity index (χ3v) is 4.71. The van der Waals surface area contributed by atoms with Gasteiger partial charge in [0, 0.05) is 23.8 Å². The smallest absolute Gasteiger partial charge is 0.255 e. The highest BCUT2D eigenvalue weighted by Gasteiger charge is 2.48. The lowest BCUT2D eigenvalue weighted by Crippen LogP contribution is -2.56. The average Bonchev–Trinajstić information content (AvgIpc) is 2.65. The Kier molecular flexibility index (Phi) is 5.87. The Morgan fingerprint density at radius 1 is 1.07 bits per heavy atom. The summed E-state index contributed by atoms with van der Waals surface area (Å²) in [5.74, 6) is -6.83. The van der Waals surface area contributed by atoms with Crippen molar-refractivity contribution in [3.63, 3.8) is 0 Å². The maximum Gasteiger partial charge on any atom is 0.255 e. The number of anilines is 1. The topological polar surface area (TPSA) is 62.1 Å². The van der Waals surface area contributed by atoms with Crippen LogP contribution in [0.3, 0.4) is 0 Å². The first kappa shape index (κ1) is 21.2. The van der Waals surface area contributed by atoms with Crippen molar-refractivity contribution in [1.82, 2.24) is 0 Å². The normalized spacial score (nSPS) is 21.7. The van der Waals surface area contributed by atoms with Crippen molar-refractivity contribution in [2.24, 2.45) is 4.99 Å². The van der Waals surface area contributed by atoms with Crippen molar-refractivity contribution in [3.05, 3.63) is 65.0 Å². The van der Waals surface area contributed by atoms with Crippen molar-refractivity contribution in [2.45, 2.75) is 17.7 Å². The minimum absolute atomic E-state index is 0.108. The molecule has 1 heterocycles. The second-order valence-electron chi connectivity index (χ2n) is 6.06. The molecule has 1 N–H and O–H groups in total. The van der Waals surface area contributed by atoms with Crippen LogP contribution in [0, 0.1) is 29.1 Å². The average molecular weight is 435 g/mol. The lowest BCUT2D eigenvalue weighted by molar-refractivity contribution is -0.132. The second-order valence-corrected chi connectivity index (χ2v) is 6.50. The molecular formula is C18H12ClF5N2O3. The molecule has 2 atom stereocenters. The summed E-state index contributed by atoms with van der Waals surface area (Å²) in [6, 6.07) is 3.40. The molecule has 0 saturated heterocycles. The SMILES string of the molecule is O=C1C(Cl)C(CO)(OCc2ccc(F)cc2F)N=CN1c1c(F)cc(F)cc1F. The molecule has 0 fully saturated rings. The Labute approximate surface area is 166 Å². The molecule has 0 aromatic heterocycles. The molecule has 0 aliphatic carbocycles. The van der Waals surface area contributed by atoms with Gasteiger partial charge in [0.1, 0.15) is 29.5 Å². The number of aliphatic imine (C=N–C) groups is 1. The van der Waals surface area contributed by atoms with Gasteiger partial charge in [-0.2, -0.15) is 0 Å². The van der Waals surface area contributed by atoms with Gasteiger partial charge in [-0.3, -0.25) is 9.69 Å². The molecule has 1 amide bonds. The Morgan fingerprint density at radius 3 is 2.28 bits per heavy atom. The number of ether oxygens (including phenoxy) is 1. The molecule has 1 aliphatic heterocycles. The van der Waals surface area contributed by atoms with E-state index in [0.717, 1.165) is 12.1 Å². The van der Waals surface area contributed by atoms with Gasteiger partial charge in [0.05, 0.1) is 13.2 Å². The molecule has 2 aromatic rings. The number of hydrogen-bond acceptors (Lipinski definition) is 4. The molecule has 2 aromatic carbocycles. The number of halogens is 6. The van der Waals surface area contributed by atoms with Gasteiger partial charge >= 0.3 is 0 Å². The zero-order valence-corrected chi connectivity index (χ0v) is 15.1. The quantitative estimate of drug-likeness (QED) is 0.580. The predicted molar refractivity (Wildman–Crippen MR) is 92.9 cm³/mol. The molecular weight excluding hydrogens is 423 g/mol. The highest BCUT2D eigenvalue weighted by atomic mass is 35.5. The number of nitrogens with zero attached hydrogens (tertiary/aromatic N) is 2. The van der Waals surface area contributed by atoms with Crippen molar-refractivity contribution >= 4 is 29.5 Å². The number of carbonyl (C=O) groups is 1. The highest BCUT2D eigenvalue weighted by Crippen LogP contribution is 2.33. The minimum Gasteiger partial charge on any atom is -0.391 e. The number of aliphatic hydroxyl groups excluding tert-OH is 1. The van der Waals surface area contributed by atoms with Gasteiger partial charge in [-0.05, 0) is 6.07 Å². The van der Waals surface area contributed by atoms with E-state index < -0.39 is 65.0 Å². The summed E-state index contributed by atoms with van der Waals surface area (Å²) in [5, 5.41) is 7.90. The molecule has 5 nitrogen and oxygen atoms in total. The number of alkyl halides is 1. The number of amides is 1. The Morgan fingerprint density at radius 2 is 1.69 bits per heavy atom. The van der Waals surface area contributed by atoms with Gasteiger partial charge in [-0.25, -0.2) is 26.9 Å². The minimum atomic E-state index is -2.09. The summed E-state index contributed by atoms with van der Waals surface area (Å²) in [6.07, 6.45) is 0.665. The Bertz CT molecular complexity index is 967. The Balaban J connectivity index is 1.90. The van der Waals surface area contributed by atoms with Gasteiger partial charge in [-0.15, -0.1) is 11.6 Å². The largest absolute Gasteiger partial charge is 0.391 e. The Hall–Kier alpha value is -2.56. The van der Waals surface area contributed by atoms with Crippen LogP contribution < -0.4 is 4.90 Å². The number of carbonyl (C=O) groups excluding carboxylic acids is 1. The van der Waals surface area contributed by atoms with E-state index in [0.29, 0.717) is 29.4 Å². The van der Waals surface area contributed by atoms with E-state index in [4.69, 9.17) is 16.3 Å². The summed E-state index contributed by atoms with van der Waals surface area (Å²) in [7, 11) is 0. The van der Waals surface area contributed by atoms with Crippen LogP contribution in [0.25, 0.3) is 0 Å². The molecule has 3 rings (SSSR count). The second kappa shape index (κ2) is 8.05. The van der Waals surface area contributed by atoms with Crippen LogP contribution in [-0.4, -0.2) is 35.1 Å². The molecule has 0 radical (unpaired) electrons. The zero-order chi connectivity index (χ0) is 21.3. The number of aliphatic hydroxyl groups is 1. The van der Waals surface area contributed by atoms with Gasteiger partial charge < -0.3 is 9.84 Å². The fourth-order valence-electron chi connectivity index (χ4n) is 2.64. The summed E-state index contributed by atoms with van der Waals surface area (Å²) in [6.45, 7) is -1.48. The van der Waals surface area contributed by atoms with Crippen LogP contribution in [0.2, 0.25) is 0 Å². The first-order chi connectivity index (χ1) is 13.7. The lowest BCUT2D eigenvalue weighted by atomic mass is 10.1. The molecule has 0 saturated carbocycles. The molecule has 154 valence electrons. The third-order valence-electron chi connectivity index (χ3n) is 4.18. The fourth-order valence-corrected chi connectivity index (χ4v) is 2.94. The van der Waals surface area contributed by atoms with Gasteiger partial charge in [0.25, 0.3) is 5.91 Å². The molecule has 0 bridgehead atoms. The summed E-state index contributed by atoms with van der Waals surface area (Å²) < 4.78 is 73.2. The molecule has 2 unspecified atom stereocenters. The van der Waals surface area contributed by atoms with E-state index in [-0.39, 0.29) is 5.56 Å².